The predicted octanol–water partition coefficient (Wildman–Crippen LogP) is 2.00. The van der Waals surface area contributed by atoms with Crippen LogP contribution in [-0.4, -0.2) is 36.3 Å². The molecular weight excluding hydrogens is 307 g/mol. The minimum absolute atomic E-state index is 0. The third kappa shape index (κ3) is 3.71. The molecule has 0 aliphatic carbocycles. The molecule has 0 amide bonds. The van der Waals surface area contributed by atoms with Gasteiger partial charge >= 0.3 is 0 Å². The first-order valence-corrected chi connectivity index (χ1v) is 6.93. The van der Waals surface area contributed by atoms with Gasteiger partial charge < -0.3 is 15.4 Å². The molecule has 1 aromatic carbocycles. The Morgan fingerprint density at radius 1 is 1.14 bits per heavy atom. The first-order valence-electron chi connectivity index (χ1n) is 6.93. The molecule has 1 aliphatic rings. The molecule has 5 nitrogen and oxygen atoms in total. The van der Waals surface area contributed by atoms with Crippen LogP contribution in [-0.2, 0) is 11.3 Å². The molecule has 0 unspecified atom stereocenters. The number of halogens is 2. The Balaban J connectivity index is 0.00000176. The van der Waals surface area contributed by atoms with E-state index in [1.165, 1.54) is 12.1 Å². The Labute approximate surface area is 134 Å². The number of hydrogen-bond donors (Lipinski definition) is 1. The van der Waals surface area contributed by atoms with Crippen molar-refractivity contribution in [2.24, 2.45) is 5.73 Å². The van der Waals surface area contributed by atoms with Crippen LogP contribution >= 0.6 is 12.4 Å². The number of nitrogens with zero attached hydrogens (tertiary/aromatic N) is 3. The molecule has 0 bridgehead atoms. The van der Waals surface area contributed by atoms with E-state index in [2.05, 4.69) is 14.9 Å². The molecule has 0 radical (unpaired) electrons. The second kappa shape index (κ2) is 7.49. The first kappa shape index (κ1) is 16.6. The summed E-state index contributed by atoms with van der Waals surface area (Å²) in [5, 5.41) is 0. The summed E-state index contributed by atoms with van der Waals surface area (Å²) in [6.45, 7) is 3.20. The van der Waals surface area contributed by atoms with Crippen molar-refractivity contribution in [3.63, 3.8) is 0 Å². The Morgan fingerprint density at radius 2 is 1.82 bits per heavy atom. The average Bonchev–Trinajstić information content (AvgIpc) is 2.56. The molecule has 1 aliphatic heterocycles. The summed E-state index contributed by atoms with van der Waals surface area (Å²) in [6.07, 6.45) is 0. The minimum atomic E-state index is -0.264. The van der Waals surface area contributed by atoms with E-state index in [0.29, 0.717) is 25.7 Å². The van der Waals surface area contributed by atoms with Gasteiger partial charge in [-0.3, -0.25) is 0 Å². The zero-order valence-corrected chi connectivity index (χ0v) is 12.9. The SMILES string of the molecule is Cl.NCc1cc(-c2ccc(F)cc2)nc(N2CCOCC2)n1. The predicted molar refractivity (Wildman–Crippen MR) is 85.6 cm³/mol. The van der Waals surface area contributed by atoms with Gasteiger partial charge in [0.2, 0.25) is 5.95 Å². The van der Waals surface area contributed by atoms with Gasteiger partial charge in [-0.05, 0) is 30.3 Å². The molecule has 1 saturated heterocycles. The van der Waals surface area contributed by atoms with Crippen molar-refractivity contribution < 1.29 is 9.13 Å². The quantitative estimate of drug-likeness (QED) is 0.935. The van der Waals surface area contributed by atoms with Crippen LogP contribution in [0, 0.1) is 5.82 Å². The normalized spacial score (nSPS) is 14.5. The lowest BCUT2D eigenvalue weighted by Crippen LogP contribution is -2.37. The molecule has 0 spiro atoms. The molecule has 7 heteroatoms. The molecule has 2 N–H and O–H groups in total. The van der Waals surface area contributed by atoms with Gasteiger partial charge in [-0.1, -0.05) is 0 Å². The van der Waals surface area contributed by atoms with Gasteiger partial charge in [0.1, 0.15) is 5.82 Å². The second-order valence-electron chi connectivity index (χ2n) is 4.85. The minimum Gasteiger partial charge on any atom is -0.378 e. The van der Waals surface area contributed by atoms with Crippen LogP contribution in [0.25, 0.3) is 11.3 Å². The third-order valence-electron chi connectivity index (χ3n) is 3.41. The Hall–Kier alpha value is -1.76. The lowest BCUT2D eigenvalue weighted by molar-refractivity contribution is 0.122. The maximum atomic E-state index is 13.0. The topological polar surface area (TPSA) is 64.3 Å². The number of anilines is 1. The number of rotatable bonds is 3. The van der Waals surface area contributed by atoms with Gasteiger partial charge in [-0.2, -0.15) is 0 Å². The summed E-state index contributed by atoms with van der Waals surface area (Å²) in [6, 6.07) is 8.11. The zero-order valence-electron chi connectivity index (χ0n) is 12.0. The number of benzene rings is 1. The molecule has 2 heterocycles. The molecule has 22 heavy (non-hydrogen) atoms. The van der Waals surface area contributed by atoms with Crippen LogP contribution in [0.2, 0.25) is 0 Å². The van der Waals surface area contributed by atoms with Crippen molar-refractivity contribution in [3.8, 4) is 11.3 Å². The van der Waals surface area contributed by atoms with Crippen molar-refractivity contribution in [1.82, 2.24) is 9.97 Å². The smallest absolute Gasteiger partial charge is 0.226 e. The fourth-order valence-corrected chi connectivity index (χ4v) is 2.26. The molecular formula is C15H18ClFN4O. The van der Waals surface area contributed by atoms with Crippen LogP contribution in [0.5, 0.6) is 0 Å². The van der Waals surface area contributed by atoms with E-state index in [0.717, 1.165) is 30.0 Å². The summed E-state index contributed by atoms with van der Waals surface area (Å²) in [5.74, 6) is 0.390. The summed E-state index contributed by atoms with van der Waals surface area (Å²) in [5.41, 5.74) is 8.10. The molecule has 1 fully saturated rings. The van der Waals surface area contributed by atoms with Gasteiger partial charge in [-0.15, -0.1) is 12.4 Å². The van der Waals surface area contributed by atoms with E-state index in [4.69, 9.17) is 10.5 Å². The van der Waals surface area contributed by atoms with Crippen molar-refractivity contribution >= 4 is 18.4 Å². The monoisotopic (exact) mass is 324 g/mol. The van der Waals surface area contributed by atoms with Gasteiger partial charge in [0.15, 0.2) is 0 Å². The molecule has 0 saturated carbocycles. The van der Waals surface area contributed by atoms with Gasteiger partial charge in [0.05, 0.1) is 24.6 Å². The highest BCUT2D eigenvalue weighted by atomic mass is 35.5. The number of ether oxygens (including phenoxy) is 1. The van der Waals surface area contributed by atoms with Crippen molar-refractivity contribution in [2.45, 2.75) is 6.54 Å². The maximum Gasteiger partial charge on any atom is 0.226 e. The van der Waals surface area contributed by atoms with Crippen LogP contribution in [0.4, 0.5) is 10.3 Å². The number of nitrogens with two attached hydrogens (primary N) is 1. The van der Waals surface area contributed by atoms with Crippen LogP contribution in [0.3, 0.4) is 0 Å². The largest absolute Gasteiger partial charge is 0.378 e. The number of aromatic nitrogens is 2. The Morgan fingerprint density at radius 3 is 2.45 bits per heavy atom. The summed E-state index contributed by atoms with van der Waals surface area (Å²) >= 11 is 0. The molecule has 118 valence electrons. The van der Waals surface area contributed by atoms with Gasteiger partial charge in [-0.25, -0.2) is 14.4 Å². The average molecular weight is 325 g/mol. The lowest BCUT2D eigenvalue weighted by atomic mass is 10.1. The van der Waals surface area contributed by atoms with Crippen LogP contribution < -0.4 is 10.6 Å². The second-order valence-corrected chi connectivity index (χ2v) is 4.85. The van der Waals surface area contributed by atoms with E-state index in [1.54, 1.807) is 12.1 Å². The highest BCUT2D eigenvalue weighted by molar-refractivity contribution is 5.85. The number of morpholine rings is 1. The van der Waals surface area contributed by atoms with E-state index in [9.17, 15) is 4.39 Å². The zero-order chi connectivity index (χ0) is 14.7. The van der Waals surface area contributed by atoms with E-state index >= 15 is 0 Å². The van der Waals surface area contributed by atoms with Crippen molar-refractivity contribution in [1.29, 1.82) is 0 Å². The van der Waals surface area contributed by atoms with Gasteiger partial charge in [0, 0.05) is 25.2 Å². The first-order chi connectivity index (χ1) is 10.3. The Kier molecular flexibility index (Phi) is 5.65. The van der Waals surface area contributed by atoms with Crippen molar-refractivity contribution in [3.05, 3.63) is 41.8 Å². The summed E-state index contributed by atoms with van der Waals surface area (Å²) in [7, 11) is 0. The Bertz CT molecular complexity index is 617. The van der Waals surface area contributed by atoms with Gasteiger partial charge in [0.25, 0.3) is 0 Å². The maximum absolute atomic E-state index is 13.0. The van der Waals surface area contributed by atoms with E-state index < -0.39 is 0 Å². The summed E-state index contributed by atoms with van der Waals surface area (Å²) in [4.78, 5) is 11.1. The highest BCUT2D eigenvalue weighted by Gasteiger charge is 2.16. The van der Waals surface area contributed by atoms with E-state index in [-0.39, 0.29) is 18.2 Å². The number of hydrogen-bond acceptors (Lipinski definition) is 5. The highest BCUT2D eigenvalue weighted by Crippen LogP contribution is 2.21. The molecule has 2 aromatic rings. The van der Waals surface area contributed by atoms with Crippen LogP contribution in [0.15, 0.2) is 30.3 Å². The molecule has 0 atom stereocenters. The van der Waals surface area contributed by atoms with E-state index in [1.807, 2.05) is 6.07 Å². The van der Waals surface area contributed by atoms with Crippen LogP contribution in [0.1, 0.15) is 5.69 Å². The standard InChI is InChI=1S/C15H17FN4O.ClH/c16-12-3-1-11(2-4-12)14-9-13(10-17)18-15(19-14)20-5-7-21-8-6-20;/h1-4,9H,5-8,10,17H2;1H. The fourth-order valence-electron chi connectivity index (χ4n) is 2.26. The third-order valence-corrected chi connectivity index (χ3v) is 3.41. The summed E-state index contributed by atoms with van der Waals surface area (Å²) < 4.78 is 18.4. The fraction of sp³-hybridized carbons (Fsp3) is 0.333. The lowest BCUT2D eigenvalue weighted by Gasteiger charge is -2.27. The molecule has 3 rings (SSSR count). The molecule has 1 aromatic heterocycles. The van der Waals surface area contributed by atoms with Crippen molar-refractivity contribution in [2.75, 3.05) is 31.2 Å².